The summed E-state index contributed by atoms with van der Waals surface area (Å²) < 4.78 is 23.2. The number of rotatable bonds is 3. The molecule has 1 aromatic rings. The van der Waals surface area contributed by atoms with Crippen molar-refractivity contribution >= 4 is 11.7 Å². The summed E-state index contributed by atoms with van der Waals surface area (Å²) in [5.74, 6) is -1.26. The van der Waals surface area contributed by atoms with Crippen molar-refractivity contribution in [2.45, 2.75) is 20.0 Å². The van der Waals surface area contributed by atoms with Gasteiger partial charge in [0.1, 0.15) is 17.1 Å². The lowest BCUT2D eigenvalue weighted by Gasteiger charge is -2.11. The molecule has 16 heavy (non-hydrogen) atoms. The van der Waals surface area contributed by atoms with Gasteiger partial charge in [-0.1, -0.05) is 0 Å². The third-order valence-corrected chi connectivity index (χ3v) is 1.88. The van der Waals surface area contributed by atoms with Crippen LogP contribution in [-0.4, -0.2) is 19.2 Å². The molecule has 0 spiro atoms. The number of carbonyl (C=O) groups excluding carboxylic acids is 1. The third-order valence-electron chi connectivity index (χ3n) is 1.88. The molecule has 1 rings (SSSR count). The van der Waals surface area contributed by atoms with Crippen LogP contribution in [0.25, 0.3) is 0 Å². The van der Waals surface area contributed by atoms with Crippen LogP contribution < -0.4 is 10.5 Å². The molecule has 2 N–H and O–H groups in total. The highest BCUT2D eigenvalue weighted by atomic mass is 19.1. The summed E-state index contributed by atoms with van der Waals surface area (Å²) in [6.45, 7) is 3.35. The summed E-state index contributed by atoms with van der Waals surface area (Å²) in [6.07, 6.45) is -0.326. The molecule has 5 heteroatoms. The van der Waals surface area contributed by atoms with Crippen molar-refractivity contribution in [2.75, 3.05) is 12.8 Å². The summed E-state index contributed by atoms with van der Waals surface area (Å²) in [7, 11) is 1.39. The van der Waals surface area contributed by atoms with Crippen LogP contribution in [0.4, 0.5) is 10.1 Å². The first-order valence-corrected chi connectivity index (χ1v) is 4.79. The molecule has 1 aromatic carbocycles. The van der Waals surface area contributed by atoms with Crippen molar-refractivity contribution in [2.24, 2.45) is 0 Å². The number of anilines is 1. The van der Waals surface area contributed by atoms with Crippen LogP contribution in [0, 0.1) is 5.82 Å². The van der Waals surface area contributed by atoms with Gasteiger partial charge in [-0.2, -0.15) is 0 Å². The third kappa shape index (κ3) is 2.62. The van der Waals surface area contributed by atoms with Crippen molar-refractivity contribution in [3.8, 4) is 5.75 Å². The van der Waals surface area contributed by atoms with Gasteiger partial charge in [0.15, 0.2) is 0 Å². The van der Waals surface area contributed by atoms with Crippen molar-refractivity contribution < 1.29 is 18.7 Å². The predicted octanol–water partition coefficient (Wildman–Crippen LogP) is 1.98. The Bertz CT molecular complexity index is 381. The number of hydrogen-bond donors (Lipinski definition) is 1. The minimum atomic E-state index is -0.771. The smallest absolute Gasteiger partial charge is 0.343 e. The molecule has 0 aliphatic heterocycles. The van der Waals surface area contributed by atoms with Gasteiger partial charge in [-0.15, -0.1) is 0 Å². The van der Waals surface area contributed by atoms with Gasteiger partial charge in [0.25, 0.3) is 0 Å². The number of carbonyl (C=O) groups is 1. The lowest BCUT2D eigenvalue weighted by Crippen LogP contribution is -2.15. The highest BCUT2D eigenvalue weighted by molar-refractivity contribution is 5.95. The van der Waals surface area contributed by atoms with E-state index in [-0.39, 0.29) is 23.1 Å². The SMILES string of the molecule is COc1cc(N)c(C(=O)OC(C)C)c(F)c1. The first-order valence-electron chi connectivity index (χ1n) is 4.79. The van der Waals surface area contributed by atoms with Crippen LogP contribution in [0.2, 0.25) is 0 Å². The average molecular weight is 227 g/mol. The van der Waals surface area contributed by atoms with Crippen LogP contribution >= 0.6 is 0 Å². The molecule has 0 bridgehead atoms. The first-order chi connectivity index (χ1) is 7.45. The van der Waals surface area contributed by atoms with Gasteiger partial charge in [-0.3, -0.25) is 0 Å². The zero-order valence-corrected chi connectivity index (χ0v) is 9.41. The fraction of sp³-hybridized carbons (Fsp3) is 0.364. The Labute approximate surface area is 93.2 Å². The Morgan fingerprint density at radius 3 is 2.50 bits per heavy atom. The number of hydrogen-bond acceptors (Lipinski definition) is 4. The van der Waals surface area contributed by atoms with Gasteiger partial charge < -0.3 is 15.2 Å². The number of esters is 1. The first kappa shape index (κ1) is 12.3. The second-order valence-electron chi connectivity index (χ2n) is 3.53. The van der Waals surface area contributed by atoms with Crippen LogP contribution in [-0.2, 0) is 4.74 Å². The molecule has 0 saturated carbocycles. The Morgan fingerprint density at radius 1 is 1.44 bits per heavy atom. The van der Waals surface area contributed by atoms with Crippen molar-refractivity contribution in [1.82, 2.24) is 0 Å². The monoisotopic (exact) mass is 227 g/mol. The molecular weight excluding hydrogens is 213 g/mol. The molecule has 0 fully saturated rings. The molecule has 0 amide bonds. The van der Waals surface area contributed by atoms with Gasteiger partial charge in [-0.25, -0.2) is 9.18 Å². The maximum Gasteiger partial charge on any atom is 0.343 e. The second kappa shape index (κ2) is 4.83. The van der Waals surface area contributed by atoms with Crippen molar-refractivity contribution in [3.63, 3.8) is 0 Å². The summed E-state index contributed by atoms with van der Waals surface area (Å²) in [4.78, 5) is 11.5. The maximum atomic E-state index is 13.5. The number of benzene rings is 1. The van der Waals surface area contributed by atoms with E-state index in [1.165, 1.54) is 13.2 Å². The summed E-state index contributed by atoms with van der Waals surface area (Å²) in [6, 6.07) is 2.47. The van der Waals surface area contributed by atoms with Gasteiger partial charge in [-0.05, 0) is 13.8 Å². The molecule has 0 atom stereocenters. The van der Waals surface area contributed by atoms with Crippen molar-refractivity contribution in [1.29, 1.82) is 0 Å². The van der Waals surface area contributed by atoms with Gasteiger partial charge in [0.05, 0.1) is 18.9 Å². The second-order valence-corrected chi connectivity index (χ2v) is 3.53. The summed E-state index contributed by atoms with van der Waals surface area (Å²) >= 11 is 0. The van der Waals surface area contributed by atoms with Gasteiger partial charge >= 0.3 is 5.97 Å². The maximum absolute atomic E-state index is 13.5. The van der Waals surface area contributed by atoms with E-state index in [1.807, 2.05) is 0 Å². The van der Waals surface area contributed by atoms with Gasteiger partial charge in [0, 0.05) is 12.1 Å². The molecule has 0 aliphatic carbocycles. The average Bonchev–Trinajstić information content (AvgIpc) is 2.15. The van der Waals surface area contributed by atoms with Crippen molar-refractivity contribution in [3.05, 3.63) is 23.5 Å². The van der Waals surface area contributed by atoms with Crippen LogP contribution in [0.5, 0.6) is 5.75 Å². The molecule has 88 valence electrons. The Balaban J connectivity index is 3.09. The van der Waals surface area contributed by atoms with Gasteiger partial charge in [0.2, 0.25) is 0 Å². The Morgan fingerprint density at radius 2 is 2.06 bits per heavy atom. The molecule has 0 saturated heterocycles. The number of halogens is 1. The topological polar surface area (TPSA) is 61.5 Å². The Hall–Kier alpha value is -1.78. The molecule has 0 aromatic heterocycles. The van der Waals surface area contributed by atoms with Crippen LogP contribution in [0.1, 0.15) is 24.2 Å². The highest BCUT2D eigenvalue weighted by Crippen LogP contribution is 2.24. The highest BCUT2D eigenvalue weighted by Gasteiger charge is 2.19. The van der Waals surface area contributed by atoms with E-state index >= 15 is 0 Å². The minimum Gasteiger partial charge on any atom is -0.497 e. The van der Waals surface area contributed by atoms with E-state index in [1.54, 1.807) is 13.8 Å². The predicted molar refractivity (Wildman–Crippen MR) is 57.9 cm³/mol. The minimum absolute atomic E-state index is 0.00231. The van der Waals surface area contributed by atoms with E-state index in [0.29, 0.717) is 0 Å². The molecule has 4 nitrogen and oxygen atoms in total. The van der Waals surface area contributed by atoms with Crippen LogP contribution in [0.15, 0.2) is 12.1 Å². The number of nitrogens with two attached hydrogens (primary N) is 1. The number of nitrogen functional groups attached to an aromatic ring is 1. The molecule has 0 aliphatic rings. The van der Waals surface area contributed by atoms with E-state index in [4.69, 9.17) is 15.2 Å². The van der Waals surface area contributed by atoms with E-state index in [2.05, 4.69) is 0 Å². The van der Waals surface area contributed by atoms with E-state index < -0.39 is 11.8 Å². The summed E-state index contributed by atoms with van der Waals surface area (Å²) in [5.41, 5.74) is 5.30. The Kier molecular flexibility index (Phi) is 3.71. The molecule has 0 heterocycles. The molecular formula is C11H14FNO3. The van der Waals surface area contributed by atoms with E-state index in [0.717, 1.165) is 6.07 Å². The standard InChI is InChI=1S/C11H14FNO3/c1-6(2)16-11(14)10-8(12)4-7(15-3)5-9(10)13/h4-6H,13H2,1-3H3. The molecule has 0 radical (unpaired) electrons. The molecule has 0 unspecified atom stereocenters. The number of methoxy groups -OCH3 is 1. The zero-order valence-electron chi connectivity index (χ0n) is 9.41. The zero-order chi connectivity index (χ0) is 12.3. The lowest BCUT2D eigenvalue weighted by atomic mass is 10.1. The van der Waals surface area contributed by atoms with Crippen LogP contribution in [0.3, 0.4) is 0 Å². The lowest BCUT2D eigenvalue weighted by molar-refractivity contribution is 0.0374. The van der Waals surface area contributed by atoms with E-state index in [9.17, 15) is 9.18 Å². The number of ether oxygens (including phenoxy) is 2. The largest absolute Gasteiger partial charge is 0.497 e. The fourth-order valence-corrected chi connectivity index (χ4v) is 1.21. The normalized spacial score (nSPS) is 10.3. The quantitative estimate of drug-likeness (QED) is 0.633. The fourth-order valence-electron chi connectivity index (χ4n) is 1.21. The summed E-state index contributed by atoms with van der Waals surface area (Å²) in [5, 5.41) is 0.